The van der Waals surface area contributed by atoms with Crippen LogP contribution in [-0.2, 0) is 0 Å². The Labute approximate surface area is 455 Å². The minimum atomic E-state index is 0.356. The molecule has 0 fully saturated rings. The Morgan fingerprint density at radius 2 is 0.395 bits per heavy atom. The number of fused-ring (bicyclic) bond motifs is 6. The van der Waals surface area contributed by atoms with Gasteiger partial charge in [0, 0.05) is 0 Å². The normalized spacial score (nSPS) is 11.4. The predicted molar refractivity (Wildman–Crippen MR) is 327 cm³/mol. The van der Waals surface area contributed by atoms with Crippen molar-refractivity contribution in [1.82, 2.24) is 0 Å². The van der Waals surface area contributed by atoms with E-state index in [0.717, 1.165) is 45.3 Å². The van der Waals surface area contributed by atoms with Gasteiger partial charge >= 0.3 is 364 Å². The van der Waals surface area contributed by atoms with Gasteiger partial charge in [0.1, 0.15) is 0 Å². The SMILES string of the molecule is c1ccc(-c2ccc(N(c3ccc(-c4ccc(N(c5ccc(-c6ccccc6)cc5)c5ccc(-c6ccc7[se]c8ccccc8c7c6)cc5)cc4)cc3)c3ccc(-c4ccc5[se]c6ccccc6c5c4)cc3)cc2)cc1. The summed E-state index contributed by atoms with van der Waals surface area (Å²) in [5, 5.41) is 5.52. The number of rotatable bonds is 11. The zero-order chi connectivity index (χ0) is 50.4. The summed E-state index contributed by atoms with van der Waals surface area (Å²) < 4.78 is 5.87. The van der Waals surface area contributed by atoms with Crippen molar-refractivity contribution in [2.24, 2.45) is 0 Å². The van der Waals surface area contributed by atoms with Crippen LogP contribution in [0.2, 0.25) is 0 Å². The fraction of sp³-hybridized carbons (Fsp3) is 0. The summed E-state index contributed by atoms with van der Waals surface area (Å²) in [7, 11) is 0. The molecule has 76 heavy (non-hydrogen) atoms. The first kappa shape index (κ1) is 45.9. The van der Waals surface area contributed by atoms with Gasteiger partial charge in [0.05, 0.1) is 0 Å². The predicted octanol–water partition coefficient (Wildman–Crippen LogP) is 19.7. The Balaban J connectivity index is 0.778. The van der Waals surface area contributed by atoms with E-state index in [-0.39, 0.29) is 0 Å². The van der Waals surface area contributed by atoms with Crippen molar-refractivity contribution in [3.05, 3.63) is 291 Å². The molecule has 0 amide bonds. The number of nitrogens with zero attached hydrogens (tertiary/aromatic N) is 2. The molecule has 12 aromatic carbocycles. The Bertz CT molecular complexity index is 4050. The molecule has 0 radical (unpaired) electrons. The van der Waals surface area contributed by atoms with Gasteiger partial charge in [-0.2, -0.15) is 0 Å². The fourth-order valence-corrected chi connectivity index (χ4v) is 15.3. The standard InChI is InChI=1S/C72H48N2Se2/c1-3-11-49(12-4-1)51-19-33-59(34-20-51)73(63-41-27-55(28-42-63)57-31-45-71-67(47-57)65-15-7-9-17-69(65)75-71)61-37-23-53(24-38-61)54-25-39-62(40-26-54)74(60-35-21-52(22-36-60)50-13-5-2-6-14-50)64-43-29-56(30-44-64)58-32-46-72-68(48-58)66-16-8-10-18-70(66)76-72/h1-48H. The molecule has 14 rings (SSSR count). The van der Waals surface area contributed by atoms with Crippen molar-refractivity contribution >= 4 is 102 Å². The molecule has 0 aliphatic rings. The van der Waals surface area contributed by atoms with Crippen LogP contribution in [0.5, 0.6) is 0 Å². The van der Waals surface area contributed by atoms with E-state index in [1.54, 1.807) is 0 Å². The fourth-order valence-electron chi connectivity index (χ4n) is 10.8. The van der Waals surface area contributed by atoms with Gasteiger partial charge in [-0.25, -0.2) is 0 Å². The second-order valence-corrected chi connectivity index (χ2v) is 23.9. The van der Waals surface area contributed by atoms with E-state index in [0.29, 0.717) is 29.0 Å². The minimum absolute atomic E-state index is 0.356. The smallest absolute Gasteiger partial charge is 0.0617 e. The molecular formula is C72H48N2Se2. The number of hydrogen-bond acceptors (Lipinski definition) is 2. The number of anilines is 6. The third kappa shape index (κ3) is 8.78. The van der Waals surface area contributed by atoms with Crippen LogP contribution < -0.4 is 9.80 Å². The van der Waals surface area contributed by atoms with Gasteiger partial charge in [0.25, 0.3) is 0 Å². The molecule has 2 heterocycles. The molecule has 0 aliphatic heterocycles. The maximum atomic E-state index is 2.39. The summed E-state index contributed by atoms with van der Waals surface area (Å²) in [5.74, 6) is 0. The summed E-state index contributed by atoms with van der Waals surface area (Å²) >= 11 is 0.711. The molecule has 0 atom stereocenters. The van der Waals surface area contributed by atoms with Gasteiger partial charge in [0.15, 0.2) is 0 Å². The molecule has 4 heteroatoms. The van der Waals surface area contributed by atoms with E-state index in [1.807, 2.05) is 0 Å². The topological polar surface area (TPSA) is 6.48 Å². The Morgan fingerprint density at radius 3 is 0.697 bits per heavy atom. The molecule has 0 bridgehead atoms. The molecule has 0 saturated carbocycles. The zero-order valence-electron chi connectivity index (χ0n) is 41.4. The molecule has 0 aliphatic carbocycles. The van der Waals surface area contributed by atoms with Crippen LogP contribution in [0.25, 0.3) is 94.2 Å². The molecule has 0 unspecified atom stereocenters. The van der Waals surface area contributed by atoms with Crippen molar-refractivity contribution in [2.45, 2.75) is 0 Å². The monoisotopic (exact) mass is 1100 g/mol. The minimum Gasteiger partial charge on any atom is -0.0617 e. The summed E-state index contributed by atoms with van der Waals surface area (Å²) in [6.45, 7) is 0. The maximum absolute atomic E-state index is 2.39. The van der Waals surface area contributed by atoms with Crippen molar-refractivity contribution in [3.63, 3.8) is 0 Å². The van der Waals surface area contributed by atoms with Gasteiger partial charge in [-0.05, 0) is 33.4 Å². The van der Waals surface area contributed by atoms with Crippen LogP contribution in [0.1, 0.15) is 0 Å². The zero-order valence-corrected chi connectivity index (χ0v) is 44.8. The van der Waals surface area contributed by atoms with Gasteiger partial charge in [-0.15, -0.1) is 0 Å². The average Bonchev–Trinajstić information content (AvgIpc) is 4.10. The summed E-state index contributed by atoms with van der Waals surface area (Å²) in [6, 6.07) is 107. The van der Waals surface area contributed by atoms with Crippen LogP contribution in [0.4, 0.5) is 34.1 Å². The molecular weight excluding hydrogens is 1050 g/mol. The van der Waals surface area contributed by atoms with Crippen molar-refractivity contribution in [3.8, 4) is 55.6 Å². The van der Waals surface area contributed by atoms with Crippen LogP contribution in [0.15, 0.2) is 291 Å². The quantitative estimate of drug-likeness (QED) is 0.119. The second-order valence-electron chi connectivity index (χ2n) is 19.3. The third-order valence-corrected chi connectivity index (χ3v) is 19.6. The first-order valence-corrected chi connectivity index (χ1v) is 29.2. The average molecular weight is 1100 g/mol. The summed E-state index contributed by atoms with van der Waals surface area (Å²) in [5.41, 5.74) is 18.6. The van der Waals surface area contributed by atoms with E-state index in [4.69, 9.17) is 0 Å². The molecule has 2 nitrogen and oxygen atoms in total. The van der Waals surface area contributed by atoms with E-state index in [1.165, 1.54) is 83.1 Å². The van der Waals surface area contributed by atoms with E-state index < -0.39 is 0 Å². The molecule has 2 aromatic heterocycles. The molecule has 14 aromatic rings. The first-order valence-electron chi connectivity index (χ1n) is 25.8. The van der Waals surface area contributed by atoms with Gasteiger partial charge < -0.3 is 0 Å². The second kappa shape index (κ2) is 19.9. The van der Waals surface area contributed by atoms with Crippen molar-refractivity contribution in [1.29, 1.82) is 0 Å². The number of hydrogen-bond donors (Lipinski definition) is 0. The van der Waals surface area contributed by atoms with Crippen LogP contribution in [0.3, 0.4) is 0 Å². The molecule has 0 N–H and O–H groups in total. The van der Waals surface area contributed by atoms with E-state index in [9.17, 15) is 0 Å². The molecule has 0 saturated heterocycles. The Hall–Kier alpha value is -8.72. The molecule has 0 spiro atoms. The van der Waals surface area contributed by atoms with Crippen molar-refractivity contribution in [2.75, 3.05) is 9.80 Å². The van der Waals surface area contributed by atoms with Crippen LogP contribution in [0, 0.1) is 0 Å². The van der Waals surface area contributed by atoms with E-state index >= 15 is 0 Å². The first-order chi connectivity index (χ1) is 37.6. The van der Waals surface area contributed by atoms with Crippen LogP contribution >= 0.6 is 0 Å². The number of benzene rings is 12. The van der Waals surface area contributed by atoms with Crippen LogP contribution in [-0.4, -0.2) is 29.0 Å². The Kier molecular flexibility index (Phi) is 12.0. The summed E-state index contributed by atoms with van der Waals surface area (Å²) in [6.07, 6.45) is 0. The van der Waals surface area contributed by atoms with Gasteiger partial charge in [0.2, 0.25) is 0 Å². The third-order valence-electron chi connectivity index (χ3n) is 14.7. The van der Waals surface area contributed by atoms with Gasteiger partial charge in [-0.3, -0.25) is 0 Å². The van der Waals surface area contributed by atoms with Gasteiger partial charge in [-0.1, -0.05) is 60.7 Å². The summed E-state index contributed by atoms with van der Waals surface area (Å²) in [4.78, 5) is 4.73. The van der Waals surface area contributed by atoms with E-state index in [2.05, 4.69) is 301 Å². The Morgan fingerprint density at radius 1 is 0.171 bits per heavy atom. The van der Waals surface area contributed by atoms with Crippen molar-refractivity contribution < 1.29 is 0 Å². The molecule has 358 valence electrons.